The Bertz CT molecular complexity index is 1180. The Labute approximate surface area is 176 Å². The minimum Gasteiger partial charge on any atom is -0.365 e. The van der Waals surface area contributed by atoms with E-state index in [0.29, 0.717) is 32.6 Å². The number of fused-ring (bicyclic) bond motifs is 1. The first-order valence-corrected chi connectivity index (χ1v) is 9.44. The standard InChI is InChI=1S/C21H14Cl2N4O2/c22-13-7-8-17-15(10-13)18(14-5-1-2-6-16(14)23)26-20(21(29)25-17)27-9-3-4-12(11-27)19(24)28/h1-11,20H,(H2-,24,25,26,28,29)/p+1. The molecule has 0 radical (unpaired) electrons. The van der Waals surface area contributed by atoms with Gasteiger partial charge in [-0.3, -0.25) is 9.59 Å². The summed E-state index contributed by atoms with van der Waals surface area (Å²) in [4.78, 5) is 29.3. The second-order valence-corrected chi connectivity index (χ2v) is 7.26. The SMILES string of the molecule is NC(=O)c1ccc[n+](C2N=C(c3ccccc3Cl)c3cc(Cl)ccc3NC2=O)c1. The molecule has 2 amide bonds. The minimum absolute atomic E-state index is 0.264. The number of aliphatic imine (C=N–C) groups is 1. The molecule has 0 aliphatic carbocycles. The third-order valence-electron chi connectivity index (χ3n) is 4.50. The zero-order valence-electron chi connectivity index (χ0n) is 15.0. The lowest BCUT2D eigenvalue weighted by Gasteiger charge is -2.11. The quantitative estimate of drug-likeness (QED) is 0.629. The smallest absolute Gasteiger partial charge is 0.331 e. The molecule has 0 spiro atoms. The van der Waals surface area contributed by atoms with Gasteiger partial charge in [0.15, 0.2) is 12.4 Å². The molecule has 2 aromatic carbocycles. The number of hydrogen-bond acceptors (Lipinski definition) is 3. The molecule has 1 atom stereocenters. The summed E-state index contributed by atoms with van der Waals surface area (Å²) in [7, 11) is 0. The number of hydrogen-bond donors (Lipinski definition) is 2. The Kier molecular flexibility index (Phi) is 5.05. The lowest BCUT2D eigenvalue weighted by Crippen LogP contribution is -2.45. The Morgan fingerprint density at radius 3 is 2.62 bits per heavy atom. The van der Waals surface area contributed by atoms with Gasteiger partial charge in [-0.2, -0.15) is 4.57 Å². The second kappa shape index (κ2) is 7.66. The van der Waals surface area contributed by atoms with Gasteiger partial charge >= 0.3 is 12.1 Å². The van der Waals surface area contributed by atoms with E-state index in [-0.39, 0.29) is 11.5 Å². The van der Waals surface area contributed by atoms with Gasteiger partial charge in [-0.1, -0.05) is 41.4 Å². The van der Waals surface area contributed by atoms with Crippen LogP contribution < -0.4 is 15.6 Å². The molecule has 8 heteroatoms. The first-order chi connectivity index (χ1) is 13.9. The number of carbonyl (C=O) groups excluding carboxylic acids is 2. The number of pyridine rings is 1. The minimum atomic E-state index is -0.980. The largest absolute Gasteiger partial charge is 0.365 e. The number of benzodiazepines with no additional fused rings is 1. The molecule has 0 fully saturated rings. The van der Waals surface area contributed by atoms with Gasteiger partial charge in [0.25, 0.3) is 5.91 Å². The maximum absolute atomic E-state index is 13.0. The van der Waals surface area contributed by atoms with Crippen LogP contribution in [0.15, 0.2) is 72.0 Å². The van der Waals surface area contributed by atoms with Gasteiger partial charge in [0.2, 0.25) is 0 Å². The van der Waals surface area contributed by atoms with Crippen molar-refractivity contribution in [2.24, 2.45) is 10.7 Å². The molecule has 2 heterocycles. The van der Waals surface area contributed by atoms with Crippen molar-refractivity contribution in [1.82, 2.24) is 0 Å². The predicted molar refractivity (Wildman–Crippen MR) is 111 cm³/mol. The van der Waals surface area contributed by atoms with E-state index in [9.17, 15) is 9.59 Å². The fourth-order valence-electron chi connectivity index (χ4n) is 3.13. The van der Waals surface area contributed by atoms with E-state index < -0.39 is 12.1 Å². The van der Waals surface area contributed by atoms with Crippen molar-refractivity contribution in [1.29, 1.82) is 0 Å². The maximum Gasteiger partial charge on any atom is 0.331 e. The van der Waals surface area contributed by atoms with Gasteiger partial charge in [0.05, 0.1) is 11.4 Å². The second-order valence-electron chi connectivity index (χ2n) is 6.41. The number of primary amides is 1. The summed E-state index contributed by atoms with van der Waals surface area (Å²) < 4.78 is 1.53. The van der Waals surface area contributed by atoms with Crippen LogP contribution >= 0.6 is 23.2 Å². The summed E-state index contributed by atoms with van der Waals surface area (Å²) in [6, 6.07) is 15.6. The van der Waals surface area contributed by atoms with Crippen LogP contribution in [0, 0.1) is 0 Å². The monoisotopic (exact) mass is 425 g/mol. The average Bonchev–Trinajstić information content (AvgIpc) is 2.84. The molecule has 3 aromatic rings. The highest BCUT2D eigenvalue weighted by Gasteiger charge is 2.33. The Hall–Kier alpha value is -3.22. The van der Waals surface area contributed by atoms with Gasteiger partial charge < -0.3 is 11.1 Å². The molecule has 1 aliphatic rings. The van der Waals surface area contributed by atoms with E-state index >= 15 is 0 Å². The molecule has 3 N–H and O–H groups in total. The van der Waals surface area contributed by atoms with Gasteiger partial charge in [-0.25, -0.2) is 4.99 Å². The number of amides is 2. The summed E-state index contributed by atoms with van der Waals surface area (Å²) in [5.41, 5.74) is 8.02. The number of rotatable bonds is 3. The zero-order chi connectivity index (χ0) is 20.5. The average molecular weight is 426 g/mol. The van der Waals surface area contributed by atoms with E-state index in [0.717, 1.165) is 0 Å². The molecule has 1 aromatic heterocycles. The number of benzene rings is 2. The fraction of sp³-hybridized carbons (Fsp3) is 0.0476. The molecule has 6 nitrogen and oxygen atoms in total. The van der Waals surface area contributed by atoms with E-state index in [1.807, 2.05) is 18.2 Å². The van der Waals surface area contributed by atoms with E-state index in [4.69, 9.17) is 33.9 Å². The van der Waals surface area contributed by atoms with Gasteiger partial charge in [0.1, 0.15) is 5.56 Å². The summed E-state index contributed by atoms with van der Waals surface area (Å²) in [6.45, 7) is 0. The molecule has 0 saturated carbocycles. The summed E-state index contributed by atoms with van der Waals surface area (Å²) in [6.07, 6.45) is 2.16. The summed E-state index contributed by atoms with van der Waals surface area (Å²) in [5.74, 6) is -0.971. The molecule has 29 heavy (non-hydrogen) atoms. The lowest BCUT2D eigenvalue weighted by atomic mass is 10.0. The number of nitrogens with zero attached hydrogens (tertiary/aromatic N) is 2. The first kappa shape index (κ1) is 19.1. The zero-order valence-corrected chi connectivity index (χ0v) is 16.5. The van der Waals surface area contributed by atoms with Crippen molar-refractivity contribution in [3.05, 3.63) is 93.7 Å². The van der Waals surface area contributed by atoms with Gasteiger partial charge in [-0.15, -0.1) is 0 Å². The molecular formula is C21H15Cl2N4O2+. The van der Waals surface area contributed by atoms with Crippen molar-refractivity contribution in [3.63, 3.8) is 0 Å². The van der Waals surface area contributed by atoms with Crippen molar-refractivity contribution >= 4 is 46.4 Å². The van der Waals surface area contributed by atoms with Crippen LogP contribution in [-0.2, 0) is 4.79 Å². The topological polar surface area (TPSA) is 88.4 Å². The van der Waals surface area contributed by atoms with E-state index in [1.54, 1.807) is 42.6 Å². The highest BCUT2D eigenvalue weighted by molar-refractivity contribution is 6.36. The van der Waals surface area contributed by atoms with Crippen LogP contribution in [-0.4, -0.2) is 17.5 Å². The molecule has 0 saturated heterocycles. The van der Waals surface area contributed by atoms with Crippen LogP contribution in [0.25, 0.3) is 0 Å². The lowest BCUT2D eigenvalue weighted by molar-refractivity contribution is -0.707. The molecule has 0 bridgehead atoms. The molecule has 4 rings (SSSR count). The van der Waals surface area contributed by atoms with Crippen LogP contribution in [0.3, 0.4) is 0 Å². The number of nitrogens with one attached hydrogen (secondary N) is 1. The molecule has 144 valence electrons. The third-order valence-corrected chi connectivity index (χ3v) is 5.06. The normalized spacial score (nSPS) is 15.7. The Morgan fingerprint density at radius 1 is 1.07 bits per heavy atom. The maximum atomic E-state index is 13.0. The molecule has 1 unspecified atom stereocenters. The van der Waals surface area contributed by atoms with Crippen molar-refractivity contribution < 1.29 is 14.2 Å². The van der Waals surface area contributed by atoms with Crippen molar-refractivity contribution in [2.75, 3.05) is 5.32 Å². The van der Waals surface area contributed by atoms with Crippen molar-refractivity contribution in [3.8, 4) is 0 Å². The number of carbonyl (C=O) groups is 2. The van der Waals surface area contributed by atoms with Crippen molar-refractivity contribution in [2.45, 2.75) is 6.17 Å². The highest BCUT2D eigenvalue weighted by Crippen LogP contribution is 2.30. The van der Waals surface area contributed by atoms with Crippen LogP contribution in [0.1, 0.15) is 27.7 Å². The summed E-state index contributed by atoms with van der Waals surface area (Å²) >= 11 is 12.6. The van der Waals surface area contributed by atoms with Crippen LogP contribution in [0.5, 0.6) is 0 Å². The van der Waals surface area contributed by atoms with Crippen LogP contribution in [0.4, 0.5) is 5.69 Å². The molecule has 1 aliphatic heterocycles. The third kappa shape index (κ3) is 3.72. The Morgan fingerprint density at radius 2 is 1.86 bits per heavy atom. The number of aromatic nitrogens is 1. The Balaban J connectivity index is 1.95. The van der Waals surface area contributed by atoms with Gasteiger partial charge in [0, 0.05) is 27.2 Å². The van der Waals surface area contributed by atoms with E-state index in [1.165, 1.54) is 10.8 Å². The van der Waals surface area contributed by atoms with Gasteiger partial charge in [-0.05, 0) is 30.3 Å². The van der Waals surface area contributed by atoms with E-state index in [2.05, 4.69) is 5.32 Å². The predicted octanol–water partition coefficient (Wildman–Crippen LogP) is 3.37. The number of halogens is 2. The van der Waals surface area contributed by atoms with Crippen LogP contribution in [0.2, 0.25) is 10.0 Å². The fourth-order valence-corrected chi connectivity index (χ4v) is 3.53. The first-order valence-electron chi connectivity index (χ1n) is 8.68. The number of nitrogens with two attached hydrogens (primary N) is 1. The highest BCUT2D eigenvalue weighted by atomic mass is 35.5. The number of anilines is 1. The summed E-state index contributed by atoms with van der Waals surface area (Å²) in [5, 5.41) is 3.86. The molecular weight excluding hydrogens is 411 g/mol.